The fraction of sp³-hybridized carbons (Fsp3) is 0.316. The van der Waals surface area contributed by atoms with Crippen LogP contribution in [0.3, 0.4) is 0 Å². The van der Waals surface area contributed by atoms with Crippen LogP contribution in [0.25, 0.3) is 0 Å². The maximum Gasteiger partial charge on any atom is 0.243 e. The molecule has 0 aromatic heterocycles. The molecule has 0 radical (unpaired) electrons. The molecule has 0 aliphatic carbocycles. The number of anilines is 1. The lowest BCUT2D eigenvalue weighted by molar-refractivity contribution is -0.114. The fourth-order valence-electron chi connectivity index (χ4n) is 3.12. The van der Waals surface area contributed by atoms with Crippen LogP contribution in [-0.2, 0) is 21.4 Å². The minimum Gasteiger partial charge on any atom is -0.325 e. The molecule has 156 valence electrons. The van der Waals surface area contributed by atoms with E-state index in [0.29, 0.717) is 30.9 Å². The highest BCUT2D eigenvalue weighted by Crippen LogP contribution is 2.27. The molecule has 2 aromatic rings. The summed E-state index contributed by atoms with van der Waals surface area (Å²) < 4.78 is 53.5. The molecule has 0 bridgehead atoms. The van der Waals surface area contributed by atoms with Crippen molar-refractivity contribution in [2.24, 2.45) is 0 Å². The van der Waals surface area contributed by atoms with Gasteiger partial charge in [0, 0.05) is 39.6 Å². The van der Waals surface area contributed by atoms with Gasteiger partial charge in [-0.2, -0.15) is 4.31 Å². The number of benzene rings is 2. The molecule has 6 nitrogen and oxygen atoms in total. The van der Waals surface area contributed by atoms with E-state index >= 15 is 0 Å². The smallest absolute Gasteiger partial charge is 0.243 e. The van der Waals surface area contributed by atoms with Gasteiger partial charge in [0.05, 0.1) is 15.6 Å². The molecular formula is C19H20ClF2N3O3S. The number of amides is 1. The molecule has 3 rings (SSSR count). The Labute approximate surface area is 173 Å². The van der Waals surface area contributed by atoms with E-state index in [9.17, 15) is 22.0 Å². The van der Waals surface area contributed by atoms with Crippen LogP contribution in [-0.4, -0.2) is 49.7 Å². The highest BCUT2D eigenvalue weighted by atomic mass is 35.5. The van der Waals surface area contributed by atoms with Crippen LogP contribution in [0, 0.1) is 11.6 Å². The summed E-state index contributed by atoms with van der Waals surface area (Å²) in [6, 6.07) is 7.92. The van der Waals surface area contributed by atoms with E-state index < -0.39 is 21.7 Å². The number of nitrogens with zero attached hydrogens (tertiary/aromatic N) is 2. The number of hydrogen-bond donors (Lipinski definition) is 1. The average Bonchev–Trinajstić information content (AvgIpc) is 2.66. The molecule has 1 heterocycles. The van der Waals surface area contributed by atoms with Crippen molar-refractivity contribution in [2.45, 2.75) is 18.4 Å². The summed E-state index contributed by atoms with van der Waals surface area (Å²) in [5.74, 6) is -2.10. The number of halogens is 3. The summed E-state index contributed by atoms with van der Waals surface area (Å²) in [6.07, 6.45) is 0. The first-order chi connectivity index (χ1) is 13.7. The number of hydrogen-bond acceptors (Lipinski definition) is 4. The largest absolute Gasteiger partial charge is 0.325 e. The van der Waals surface area contributed by atoms with Gasteiger partial charge in [-0.1, -0.05) is 17.7 Å². The van der Waals surface area contributed by atoms with Crippen molar-refractivity contribution >= 4 is 33.2 Å². The zero-order valence-electron chi connectivity index (χ0n) is 15.7. The lowest BCUT2D eigenvalue weighted by Crippen LogP contribution is -2.48. The lowest BCUT2D eigenvalue weighted by Gasteiger charge is -2.34. The predicted molar refractivity (Wildman–Crippen MR) is 106 cm³/mol. The topological polar surface area (TPSA) is 69.7 Å². The van der Waals surface area contributed by atoms with Crippen molar-refractivity contribution in [3.63, 3.8) is 0 Å². The third kappa shape index (κ3) is 5.11. The zero-order valence-corrected chi connectivity index (χ0v) is 17.2. The molecule has 29 heavy (non-hydrogen) atoms. The second-order valence-electron chi connectivity index (χ2n) is 6.75. The number of carbonyl (C=O) groups is 1. The van der Waals surface area contributed by atoms with Crippen LogP contribution in [0.1, 0.15) is 12.5 Å². The number of carbonyl (C=O) groups excluding carboxylic acids is 1. The second kappa shape index (κ2) is 8.74. The van der Waals surface area contributed by atoms with Crippen molar-refractivity contribution in [3.05, 3.63) is 58.6 Å². The molecule has 0 saturated carbocycles. The minimum atomic E-state index is -3.74. The third-order valence-electron chi connectivity index (χ3n) is 4.61. The van der Waals surface area contributed by atoms with E-state index in [0.717, 1.165) is 12.1 Å². The van der Waals surface area contributed by atoms with Gasteiger partial charge in [-0.3, -0.25) is 9.69 Å². The standard InChI is InChI=1S/C19H20ClF2N3O3S/c1-13(26)23-19-5-3-15(11-16(19)20)29(27,28)25-8-6-24(7-9-25)12-14-2-4-17(21)18(22)10-14/h2-5,10-11H,6-9,12H2,1H3,(H,23,26). The van der Waals surface area contributed by atoms with Crippen molar-refractivity contribution in [1.29, 1.82) is 0 Å². The Bertz CT molecular complexity index is 1030. The molecular weight excluding hydrogens is 424 g/mol. The number of piperazine rings is 1. The fourth-order valence-corrected chi connectivity index (χ4v) is 4.86. The third-order valence-corrected chi connectivity index (χ3v) is 6.82. The molecule has 0 atom stereocenters. The summed E-state index contributed by atoms with van der Waals surface area (Å²) in [4.78, 5) is 13.2. The Kier molecular flexibility index (Phi) is 6.52. The van der Waals surface area contributed by atoms with Gasteiger partial charge in [0.25, 0.3) is 0 Å². The molecule has 2 aromatic carbocycles. The zero-order chi connectivity index (χ0) is 21.2. The number of sulfonamides is 1. The van der Waals surface area contributed by atoms with Crippen LogP contribution in [0.5, 0.6) is 0 Å². The highest BCUT2D eigenvalue weighted by Gasteiger charge is 2.29. The summed E-state index contributed by atoms with van der Waals surface area (Å²) in [5.41, 5.74) is 0.968. The molecule has 1 amide bonds. The molecule has 1 N–H and O–H groups in total. The first kappa shape index (κ1) is 21.6. The Morgan fingerprint density at radius 2 is 1.76 bits per heavy atom. The number of rotatable bonds is 5. The highest BCUT2D eigenvalue weighted by molar-refractivity contribution is 7.89. The van der Waals surface area contributed by atoms with Crippen LogP contribution in [0.15, 0.2) is 41.3 Å². The first-order valence-corrected chi connectivity index (χ1v) is 10.7. The SMILES string of the molecule is CC(=O)Nc1ccc(S(=O)(=O)N2CCN(Cc3ccc(F)c(F)c3)CC2)cc1Cl. The predicted octanol–water partition coefficient (Wildman–Crippen LogP) is 3.08. The molecule has 0 spiro atoms. The van der Waals surface area contributed by atoms with Crippen LogP contribution in [0.2, 0.25) is 5.02 Å². The Balaban J connectivity index is 1.65. The minimum absolute atomic E-state index is 0.0469. The summed E-state index contributed by atoms with van der Waals surface area (Å²) in [6.45, 7) is 3.17. The van der Waals surface area contributed by atoms with Gasteiger partial charge in [0.15, 0.2) is 11.6 Å². The Morgan fingerprint density at radius 1 is 1.07 bits per heavy atom. The van der Waals surface area contributed by atoms with Crippen LogP contribution < -0.4 is 5.32 Å². The normalized spacial score (nSPS) is 16.0. The molecule has 1 saturated heterocycles. The number of nitrogens with one attached hydrogen (secondary N) is 1. The lowest BCUT2D eigenvalue weighted by atomic mass is 10.2. The molecule has 1 fully saturated rings. The van der Waals surface area contributed by atoms with Gasteiger partial charge in [-0.15, -0.1) is 0 Å². The monoisotopic (exact) mass is 443 g/mol. The van der Waals surface area contributed by atoms with E-state index in [1.807, 2.05) is 4.90 Å². The van der Waals surface area contributed by atoms with Gasteiger partial charge in [-0.05, 0) is 35.9 Å². The van der Waals surface area contributed by atoms with E-state index in [2.05, 4.69) is 5.32 Å². The quantitative estimate of drug-likeness (QED) is 0.771. The van der Waals surface area contributed by atoms with Crippen LogP contribution in [0.4, 0.5) is 14.5 Å². The van der Waals surface area contributed by atoms with Crippen molar-refractivity contribution in [1.82, 2.24) is 9.21 Å². The van der Waals surface area contributed by atoms with E-state index in [-0.39, 0.29) is 28.9 Å². The van der Waals surface area contributed by atoms with Gasteiger partial charge < -0.3 is 5.32 Å². The summed E-state index contributed by atoms with van der Waals surface area (Å²) >= 11 is 6.09. The molecule has 1 aliphatic rings. The maximum absolute atomic E-state index is 13.4. The average molecular weight is 444 g/mol. The summed E-state index contributed by atoms with van der Waals surface area (Å²) in [5, 5.41) is 2.67. The summed E-state index contributed by atoms with van der Waals surface area (Å²) in [7, 11) is -3.74. The maximum atomic E-state index is 13.4. The molecule has 0 unspecified atom stereocenters. The van der Waals surface area contributed by atoms with Gasteiger partial charge >= 0.3 is 0 Å². The van der Waals surface area contributed by atoms with Gasteiger partial charge in [-0.25, -0.2) is 17.2 Å². The van der Waals surface area contributed by atoms with Gasteiger partial charge in [0.2, 0.25) is 15.9 Å². The van der Waals surface area contributed by atoms with Crippen molar-refractivity contribution in [2.75, 3.05) is 31.5 Å². The Hall–Kier alpha value is -2.07. The van der Waals surface area contributed by atoms with Gasteiger partial charge in [0.1, 0.15) is 0 Å². The first-order valence-electron chi connectivity index (χ1n) is 8.90. The van der Waals surface area contributed by atoms with Crippen molar-refractivity contribution in [3.8, 4) is 0 Å². The van der Waals surface area contributed by atoms with E-state index in [1.165, 1.54) is 35.5 Å². The van der Waals surface area contributed by atoms with Crippen molar-refractivity contribution < 1.29 is 22.0 Å². The van der Waals surface area contributed by atoms with E-state index in [4.69, 9.17) is 11.6 Å². The molecule has 1 aliphatic heterocycles. The molecule has 10 heteroatoms. The van der Waals surface area contributed by atoms with E-state index in [1.54, 1.807) is 0 Å². The Morgan fingerprint density at radius 3 is 2.34 bits per heavy atom. The second-order valence-corrected chi connectivity index (χ2v) is 9.10. The van der Waals surface area contributed by atoms with Crippen LogP contribution >= 0.6 is 11.6 Å².